The highest BCUT2D eigenvalue weighted by Crippen LogP contribution is 2.40. The first kappa shape index (κ1) is 12.4. The smallest absolute Gasteiger partial charge is 0.123 e. The van der Waals surface area contributed by atoms with E-state index in [-0.39, 0.29) is 5.82 Å². The first-order chi connectivity index (χ1) is 9.29. The van der Waals surface area contributed by atoms with Gasteiger partial charge in [-0.2, -0.15) is 0 Å². The normalized spacial score (nSPS) is 22.0. The summed E-state index contributed by atoms with van der Waals surface area (Å²) in [5, 5.41) is 3.38. The summed E-state index contributed by atoms with van der Waals surface area (Å²) in [5.41, 5.74) is 3.97. The second kappa shape index (κ2) is 5.14. The van der Waals surface area contributed by atoms with E-state index in [1.807, 2.05) is 19.2 Å². The SMILES string of the molecule is CN[C@@H]1CCC(c2ccc(F)cc2)c2ccccc21. The maximum absolute atomic E-state index is 13.1. The number of halogens is 1. The van der Waals surface area contributed by atoms with Crippen LogP contribution >= 0.6 is 0 Å². The van der Waals surface area contributed by atoms with E-state index >= 15 is 0 Å². The lowest BCUT2D eigenvalue weighted by molar-refractivity contribution is 0.470. The van der Waals surface area contributed by atoms with Gasteiger partial charge in [-0.15, -0.1) is 0 Å². The van der Waals surface area contributed by atoms with E-state index in [1.165, 1.54) is 16.7 Å². The number of hydrogen-bond acceptors (Lipinski definition) is 1. The van der Waals surface area contributed by atoms with E-state index in [1.54, 1.807) is 12.1 Å². The number of rotatable bonds is 2. The standard InChI is InChI=1S/C17H18FN/c1-19-17-11-10-14(12-6-8-13(18)9-7-12)15-4-2-3-5-16(15)17/h2-9,14,17,19H,10-11H2,1H3/t14?,17-/m1/s1. The molecular formula is C17H18FN. The Kier molecular flexibility index (Phi) is 3.34. The van der Waals surface area contributed by atoms with E-state index in [2.05, 4.69) is 29.6 Å². The molecule has 0 heterocycles. The lowest BCUT2D eigenvalue weighted by Crippen LogP contribution is -2.24. The molecular weight excluding hydrogens is 237 g/mol. The van der Waals surface area contributed by atoms with Crippen molar-refractivity contribution in [2.75, 3.05) is 7.05 Å². The molecule has 2 heteroatoms. The molecule has 1 N–H and O–H groups in total. The Morgan fingerprint density at radius 2 is 1.63 bits per heavy atom. The monoisotopic (exact) mass is 255 g/mol. The topological polar surface area (TPSA) is 12.0 Å². The second-order valence-corrected chi connectivity index (χ2v) is 5.15. The van der Waals surface area contributed by atoms with Crippen LogP contribution in [0.2, 0.25) is 0 Å². The number of fused-ring (bicyclic) bond motifs is 1. The molecule has 1 aliphatic carbocycles. The van der Waals surface area contributed by atoms with Gasteiger partial charge < -0.3 is 5.32 Å². The minimum atomic E-state index is -0.166. The van der Waals surface area contributed by atoms with Crippen molar-refractivity contribution in [2.24, 2.45) is 0 Å². The average molecular weight is 255 g/mol. The van der Waals surface area contributed by atoms with Crippen molar-refractivity contribution in [3.8, 4) is 0 Å². The Bertz CT molecular complexity index is 562. The molecule has 0 fully saturated rings. The van der Waals surface area contributed by atoms with Crippen LogP contribution in [0.25, 0.3) is 0 Å². The van der Waals surface area contributed by atoms with Crippen LogP contribution in [0.4, 0.5) is 4.39 Å². The average Bonchev–Trinajstić information content (AvgIpc) is 2.47. The molecule has 1 unspecified atom stereocenters. The third-order valence-corrected chi connectivity index (χ3v) is 4.11. The molecule has 0 spiro atoms. The Balaban J connectivity index is 2.02. The van der Waals surface area contributed by atoms with Gasteiger partial charge in [-0.25, -0.2) is 4.39 Å². The molecule has 3 rings (SSSR count). The van der Waals surface area contributed by atoms with Crippen LogP contribution < -0.4 is 5.32 Å². The highest BCUT2D eigenvalue weighted by atomic mass is 19.1. The van der Waals surface area contributed by atoms with Crippen molar-refractivity contribution in [1.82, 2.24) is 5.32 Å². The highest BCUT2D eigenvalue weighted by molar-refractivity contribution is 5.41. The molecule has 2 aromatic rings. The quantitative estimate of drug-likeness (QED) is 0.855. The van der Waals surface area contributed by atoms with Gasteiger partial charge in [-0.3, -0.25) is 0 Å². The summed E-state index contributed by atoms with van der Waals surface area (Å²) >= 11 is 0. The van der Waals surface area contributed by atoms with Gasteiger partial charge in [0.15, 0.2) is 0 Å². The van der Waals surface area contributed by atoms with Gasteiger partial charge in [0.1, 0.15) is 5.82 Å². The summed E-state index contributed by atoms with van der Waals surface area (Å²) in [6.07, 6.45) is 2.23. The third-order valence-electron chi connectivity index (χ3n) is 4.11. The molecule has 0 saturated heterocycles. The molecule has 2 atom stereocenters. The Hall–Kier alpha value is -1.67. The first-order valence-electron chi connectivity index (χ1n) is 6.81. The molecule has 0 bridgehead atoms. The molecule has 19 heavy (non-hydrogen) atoms. The largest absolute Gasteiger partial charge is 0.313 e. The van der Waals surface area contributed by atoms with Crippen LogP contribution in [0, 0.1) is 5.82 Å². The summed E-state index contributed by atoms with van der Waals surface area (Å²) in [6, 6.07) is 16.0. The van der Waals surface area contributed by atoms with Crippen molar-refractivity contribution in [3.63, 3.8) is 0 Å². The summed E-state index contributed by atoms with van der Waals surface area (Å²) in [4.78, 5) is 0. The Morgan fingerprint density at radius 3 is 2.32 bits per heavy atom. The van der Waals surface area contributed by atoms with Gasteiger partial charge in [0, 0.05) is 12.0 Å². The molecule has 0 saturated carbocycles. The summed E-state index contributed by atoms with van der Waals surface area (Å²) in [7, 11) is 2.01. The lowest BCUT2D eigenvalue weighted by Gasteiger charge is -2.31. The van der Waals surface area contributed by atoms with E-state index in [0.717, 1.165) is 12.8 Å². The summed E-state index contributed by atoms with van der Waals surface area (Å²) in [6.45, 7) is 0. The van der Waals surface area contributed by atoms with E-state index in [4.69, 9.17) is 0 Å². The maximum Gasteiger partial charge on any atom is 0.123 e. The van der Waals surface area contributed by atoms with E-state index in [0.29, 0.717) is 12.0 Å². The maximum atomic E-state index is 13.1. The predicted molar refractivity (Wildman–Crippen MR) is 75.7 cm³/mol. The van der Waals surface area contributed by atoms with Crippen LogP contribution in [0.5, 0.6) is 0 Å². The fourth-order valence-corrected chi connectivity index (χ4v) is 3.13. The van der Waals surface area contributed by atoms with Gasteiger partial charge >= 0.3 is 0 Å². The Labute approximate surface area is 113 Å². The van der Waals surface area contributed by atoms with Gasteiger partial charge in [0.2, 0.25) is 0 Å². The fraction of sp³-hybridized carbons (Fsp3) is 0.294. The van der Waals surface area contributed by atoms with E-state index < -0.39 is 0 Å². The van der Waals surface area contributed by atoms with Crippen molar-refractivity contribution >= 4 is 0 Å². The van der Waals surface area contributed by atoms with Crippen molar-refractivity contribution in [2.45, 2.75) is 24.8 Å². The highest BCUT2D eigenvalue weighted by Gasteiger charge is 2.26. The zero-order valence-electron chi connectivity index (χ0n) is 11.1. The van der Waals surface area contributed by atoms with Crippen LogP contribution in [0.3, 0.4) is 0 Å². The second-order valence-electron chi connectivity index (χ2n) is 5.15. The fourth-order valence-electron chi connectivity index (χ4n) is 3.13. The van der Waals surface area contributed by atoms with Crippen LogP contribution in [0.1, 0.15) is 41.5 Å². The summed E-state index contributed by atoms with van der Waals surface area (Å²) < 4.78 is 13.1. The zero-order chi connectivity index (χ0) is 13.2. The van der Waals surface area contributed by atoms with Gasteiger partial charge in [-0.1, -0.05) is 36.4 Å². The van der Waals surface area contributed by atoms with Gasteiger partial charge in [0.05, 0.1) is 0 Å². The molecule has 0 amide bonds. The van der Waals surface area contributed by atoms with Crippen molar-refractivity contribution in [1.29, 1.82) is 0 Å². The predicted octanol–water partition coefficient (Wildman–Crippen LogP) is 4.01. The summed E-state index contributed by atoms with van der Waals surface area (Å²) in [5.74, 6) is 0.224. The van der Waals surface area contributed by atoms with Crippen molar-refractivity contribution in [3.05, 3.63) is 71.0 Å². The minimum absolute atomic E-state index is 0.166. The van der Waals surface area contributed by atoms with Gasteiger partial charge in [0.25, 0.3) is 0 Å². The van der Waals surface area contributed by atoms with Crippen molar-refractivity contribution < 1.29 is 4.39 Å². The molecule has 0 radical (unpaired) electrons. The zero-order valence-corrected chi connectivity index (χ0v) is 11.1. The van der Waals surface area contributed by atoms with Gasteiger partial charge in [-0.05, 0) is 48.7 Å². The third kappa shape index (κ3) is 2.28. The van der Waals surface area contributed by atoms with Crippen LogP contribution in [-0.4, -0.2) is 7.05 Å². The molecule has 1 aliphatic rings. The minimum Gasteiger partial charge on any atom is -0.313 e. The lowest BCUT2D eigenvalue weighted by atomic mass is 9.77. The van der Waals surface area contributed by atoms with E-state index in [9.17, 15) is 4.39 Å². The molecule has 98 valence electrons. The molecule has 1 nitrogen and oxygen atoms in total. The molecule has 2 aromatic carbocycles. The number of benzene rings is 2. The molecule has 0 aromatic heterocycles. The first-order valence-corrected chi connectivity index (χ1v) is 6.81. The number of hydrogen-bond donors (Lipinski definition) is 1. The number of nitrogens with one attached hydrogen (secondary N) is 1. The van der Waals surface area contributed by atoms with Crippen LogP contribution in [0.15, 0.2) is 48.5 Å². The molecule has 0 aliphatic heterocycles. The Morgan fingerprint density at radius 1 is 0.947 bits per heavy atom. The van der Waals surface area contributed by atoms with Crippen LogP contribution in [-0.2, 0) is 0 Å².